The highest BCUT2D eigenvalue weighted by atomic mass is 32.2. The summed E-state index contributed by atoms with van der Waals surface area (Å²) in [5.41, 5.74) is 14.3. The van der Waals surface area contributed by atoms with Crippen LogP contribution in [0.1, 0.15) is 115 Å². The number of aromatic nitrogens is 1. The third-order valence-corrected chi connectivity index (χ3v) is 16.2. The van der Waals surface area contributed by atoms with E-state index in [1.54, 1.807) is 60.8 Å². The lowest BCUT2D eigenvalue weighted by atomic mass is 10.0. The van der Waals surface area contributed by atoms with E-state index in [2.05, 4.69) is 65.1 Å². The molecule has 0 aliphatic carbocycles. The summed E-state index contributed by atoms with van der Waals surface area (Å²) in [5, 5.41) is 57.2. The van der Waals surface area contributed by atoms with Gasteiger partial charge in [0.15, 0.2) is 0 Å². The number of aromatic hydroxyl groups is 1. The van der Waals surface area contributed by atoms with Gasteiger partial charge in [0, 0.05) is 48.9 Å². The molecule has 1 heterocycles. The van der Waals surface area contributed by atoms with Gasteiger partial charge in [-0.3, -0.25) is 52.7 Å². The Bertz CT molecular complexity index is 3030. The number of phenols is 1. The number of fused-ring (bicyclic) bond motifs is 1. The average molecular weight is 1300 g/mol. The minimum Gasteiger partial charge on any atom is -0.508 e. The summed E-state index contributed by atoms with van der Waals surface area (Å²) >= 11 is 2.11. The maximum atomic E-state index is 15.1. The summed E-state index contributed by atoms with van der Waals surface area (Å²) in [6.45, 7) is 5.32. The second kappa shape index (κ2) is 40.5. The van der Waals surface area contributed by atoms with Gasteiger partial charge in [-0.25, -0.2) is 0 Å². The smallest absolute Gasteiger partial charge is 0.322 e. The first-order valence-electron chi connectivity index (χ1n) is 30.3. The molecule has 0 fully saturated rings. The molecule has 0 spiro atoms. The number of amides is 10. The van der Waals surface area contributed by atoms with Crippen molar-refractivity contribution in [3.8, 4) is 5.75 Å². The Labute approximate surface area is 537 Å². The SMILES string of the molecule is CCCCCCCCC(NC(=O)[C@@H](NC(=O)[C@H](CSCNC(C)=O)NC(=O)[C@H](CCCCN)NC(=O)[C@H](Cc1c[nH]c2ccccc12)NC(=O)[C@@H](NC(=O)[C@H](CSCNC(C)=O)NC(=O)[C@H](N)Cc1ccccc1)c1ccc(O)cc1)[C@@H](C)O)C(=O)NCC(=O)O. The predicted octanol–water partition coefficient (Wildman–Crippen LogP) is 0.867. The summed E-state index contributed by atoms with van der Waals surface area (Å²) in [4.78, 5) is 153. The van der Waals surface area contributed by atoms with Crippen LogP contribution in [-0.4, -0.2) is 170 Å². The summed E-state index contributed by atoms with van der Waals surface area (Å²) in [7, 11) is 0. The molecule has 1 unspecified atom stereocenters. The minimum absolute atomic E-state index is 0.0336. The minimum atomic E-state index is -1.72. The summed E-state index contributed by atoms with van der Waals surface area (Å²) < 4.78 is 0. The molecule has 0 aliphatic rings. The number of H-pyrrole nitrogens is 1. The number of carbonyl (C=O) groups is 11. The fourth-order valence-corrected chi connectivity index (χ4v) is 11.2. The Morgan fingerprint density at radius 1 is 0.549 bits per heavy atom. The van der Waals surface area contributed by atoms with Gasteiger partial charge in [-0.1, -0.05) is 106 Å². The molecule has 0 saturated carbocycles. The van der Waals surface area contributed by atoms with E-state index < -0.39 is 120 Å². The number of aliphatic hydroxyl groups excluding tert-OH is 1. The van der Waals surface area contributed by atoms with Crippen LogP contribution in [0.25, 0.3) is 10.9 Å². The fraction of sp³-hybridized carbons (Fsp3) is 0.500. The number of hydrogen-bond donors (Lipinski definition) is 16. The monoisotopic (exact) mass is 1300 g/mol. The first kappa shape index (κ1) is 75.2. The number of benzene rings is 3. The van der Waals surface area contributed by atoms with Crippen LogP contribution in [0, 0.1) is 0 Å². The van der Waals surface area contributed by atoms with Gasteiger partial charge in [-0.15, -0.1) is 23.5 Å². The van der Waals surface area contributed by atoms with E-state index in [9.17, 15) is 58.5 Å². The lowest BCUT2D eigenvalue weighted by Crippen LogP contribution is -2.61. The van der Waals surface area contributed by atoms with E-state index in [1.165, 1.54) is 45.0 Å². The largest absolute Gasteiger partial charge is 0.508 e. The highest BCUT2D eigenvalue weighted by Gasteiger charge is 2.36. The number of para-hydroxylation sites is 1. The van der Waals surface area contributed by atoms with Gasteiger partial charge in [0.25, 0.3) is 0 Å². The standard InChI is InChI=1S/C62H89N13O14S2/c1-5-6-7-8-9-13-22-47(56(83)66-32-52(80)81)70-61(88)53(37(2)76)74-59(86)51(34-91-36-68-39(4)78)73-57(84)48(23-16-17-28-63)69-58(85)49(30-42-31-65-46-21-15-14-20-44(42)46)71-62(89)54(41-24-26-43(79)27-25-41)75-60(87)50(33-90-35-67-38(3)77)72-55(82)45(64)29-40-18-11-10-12-19-40/h10-12,14-15,18-21,24-27,31,37,45,47-51,53-54,65,76,79H,5-9,13,16-17,22-23,28-30,32-36,63-64H2,1-4H3,(H,66,83)(H,67,77)(H,68,78)(H,69,85)(H,70,88)(H,71,89)(H,72,82)(H,73,84)(H,74,86)(H,75,87)(H,80,81)/t37-,45-,47?,48+,49+,50+,51+,53+,54+/m1/s1. The highest BCUT2D eigenvalue weighted by molar-refractivity contribution is 7.99. The van der Waals surface area contributed by atoms with E-state index >= 15 is 9.59 Å². The third-order valence-electron chi connectivity index (χ3n) is 14.4. The van der Waals surface area contributed by atoms with Crippen LogP contribution in [0.5, 0.6) is 5.75 Å². The number of unbranched alkanes of at least 4 members (excludes halogenated alkanes) is 6. The number of hydrogen-bond acceptors (Lipinski definition) is 17. The summed E-state index contributed by atoms with van der Waals surface area (Å²) in [5.74, 6) is -9.66. The zero-order valence-corrected chi connectivity index (χ0v) is 53.4. The maximum absolute atomic E-state index is 15.1. The molecule has 27 nitrogen and oxygen atoms in total. The number of aromatic amines is 1. The van der Waals surface area contributed by atoms with Gasteiger partial charge >= 0.3 is 5.97 Å². The van der Waals surface area contributed by atoms with E-state index in [0.717, 1.165) is 54.8 Å². The van der Waals surface area contributed by atoms with Crippen molar-refractivity contribution in [3.05, 3.63) is 102 Å². The van der Waals surface area contributed by atoms with Gasteiger partial charge in [0.2, 0.25) is 59.1 Å². The molecule has 0 radical (unpaired) electrons. The van der Waals surface area contributed by atoms with Crippen molar-refractivity contribution in [2.45, 2.75) is 159 Å². The highest BCUT2D eigenvalue weighted by Crippen LogP contribution is 2.22. The maximum Gasteiger partial charge on any atom is 0.322 e. The molecule has 10 amide bonds. The Morgan fingerprint density at radius 2 is 1.07 bits per heavy atom. The van der Waals surface area contributed by atoms with Gasteiger partial charge in [0.05, 0.1) is 23.9 Å². The molecule has 9 atom stereocenters. The molecule has 3 aromatic carbocycles. The molecule has 1 aromatic heterocycles. The van der Waals surface area contributed by atoms with Crippen molar-refractivity contribution in [1.82, 2.24) is 58.2 Å². The number of carbonyl (C=O) groups excluding carboxylic acids is 10. The summed E-state index contributed by atoms with van der Waals surface area (Å²) in [6.07, 6.45) is 5.68. The second-order valence-electron chi connectivity index (χ2n) is 21.9. The first-order valence-corrected chi connectivity index (χ1v) is 32.6. The number of thioether (sulfide) groups is 2. The molecule has 4 rings (SSSR count). The van der Waals surface area contributed by atoms with Crippen LogP contribution in [0.3, 0.4) is 0 Å². The van der Waals surface area contributed by atoms with Crippen molar-refractivity contribution in [2.24, 2.45) is 11.5 Å². The fourth-order valence-electron chi connectivity index (χ4n) is 9.37. The number of aliphatic carboxylic acids is 1. The molecular formula is C62H89N13O14S2. The molecule has 29 heteroatoms. The zero-order valence-electron chi connectivity index (χ0n) is 51.8. The van der Waals surface area contributed by atoms with Crippen molar-refractivity contribution in [2.75, 3.05) is 36.3 Å². The van der Waals surface area contributed by atoms with E-state index in [1.807, 2.05) is 0 Å². The van der Waals surface area contributed by atoms with E-state index in [-0.39, 0.29) is 79.1 Å². The molecule has 498 valence electrons. The number of nitrogens with one attached hydrogen (secondary N) is 11. The lowest BCUT2D eigenvalue weighted by Gasteiger charge is -2.29. The van der Waals surface area contributed by atoms with Gasteiger partial charge in [-0.05, 0) is 80.5 Å². The third kappa shape index (κ3) is 27.4. The second-order valence-corrected chi connectivity index (χ2v) is 23.9. The molecule has 0 saturated heterocycles. The number of aliphatic hydroxyl groups is 1. The molecule has 4 aromatic rings. The van der Waals surface area contributed by atoms with Crippen LogP contribution in [0.2, 0.25) is 0 Å². The van der Waals surface area contributed by atoms with Crippen LogP contribution >= 0.6 is 23.5 Å². The number of carboxylic acid groups (broad SMARTS) is 1. The number of phenolic OH excluding ortho intramolecular Hbond substituents is 1. The van der Waals surface area contributed by atoms with Gasteiger partial charge in [-0.2, -0.15) is 0 Å². The van der Waals surface area contributed by atoms with Crippen molar-refractivity contribution in [3.63, 3.8) is 0 Å². The molecule has 18 N–H and O–H groups in total. The number of rotatable bonds is 42. The van der Waals surface area contributed by atoms with Gasteiger partial charge in [0.1, 0.15) is 54.6 Å². The Balaban J connectivity index is 1.69. The number of carboxylic acids is 1. The lowest BCUT2D eigenvalue weighted by molar-refractivity contribution is -0.139. The van der Waals surface area contributed by atoms with Crippen LogP contribution < -0.4 is 64.6 Å². The average Bonchev–Trinajstić information content (AvgIpc) is 1.88. The quantitative estimate of drug-likeness (QED) is 0.0216. The van der Waals surface area contributed by atoms with Gasteiger partial charge < -0.3 is 84.9 Å². The Hall–Kier alpha value is -8.25. The molecule has 0 aliphatic heterocycles. The predicted molar refractivity (Wildman–Crippen MR) is 346 cm³/mol. The summed E-state index contributed by atoms with van der Waals surface area (Å²) in [6, 6.07) is 9.86. The molecular weight excluding hydrogens is 1210 g/mol. The number of nitrogens with two attached hydrogens (primary N) is 2. The van der Waals surface area contributed by atoms with Crippen LogP contribution in [-0.2, 0) is 65.6 Å². The normalized spacial score (nSPS) is 14.1. The van der Waals surface area contributed by atoms with Crippen molar-refractivity contribution >= 4 is 99.5 Å². The Morgan fingerprint density at radius 3 is 1.67 bits per heavy atom. The van der Waals surface area contributed by atoms with E-state index in [4.69, 9.17) is 11.5 Å². The van der Waals surface area contributed by atoms with Crippen LogP contribution in [0.15, 0.2) is 85.1 Å². The topological polar surface area (TPSA) is 437 Å². The molecule has 0 bridgehead atoms. The first-order chi connectivity index (χ1) is 43.5. The van der Waals surface area contributed by atoms with Crippen molar-refractivity contribution in [1.29, 1.82) is 0 Å². The Kier molecular flexibility index (Phi) is 33.5. The van der Waals surface area contributed by atoms with E-state index in [0.29, 0.717) is 35.7 Å². The van der Waals surface area contributed by atoms with Crippen LogP contribution in [0.4, 0.5) is 0 Å². The zero-order chi connectivity index (χ0) is 66.8. The molecule has 91 heavy (non-hydrogen) atoms. The van der Waals surface area contributed by atoms with Crippen molar-refractivity contribution < 1.29 is 68.1 Å².